The van der Waals surface area contributed by atoms with Crippen LogP contribution in [0.3, 0.4) is 0 Å². The van der Waals surface area contributed by atoms with Crippen LogP contribution >= 0.6 is 0 Å². The summed E-state index contributed by atoms with van der Waals surface area (Å²) in [7, 11) is 0. The number of hydrogen-bond donors (Lipinski definition) is 0. The number of hydrogen-bond acceptors (Lipinski definition) is 4. The van der Waals surface area contributed by atoms with Crippen molar-refractivity contribution in [2.45, 2.75) is 33.0 Å². The molecule has 1 aromatic heterocycles. The van der Waals surface area contributed by atoms with E-state index in [1.807, 2.05) is 26.0 Å². The van der Waals surface area contributed by atoms with E-state index in [0.717, 1.165) is 30.4 Å². The number of benzene rings is 1. The standard InChI is InChI=1S/C17H21N3O/c1-12-9-13(2)19-17(18-12)20-10-14(3)21-16(11-20)15-7-5-4-6-8-15/h4-9,14,16H,10-11H2,1-3H3. The van der Waals surface area contributed by atoms with Gasteiger partial charge in [0.2, 0.25) is 5.95 Å². The van der Waals surface area contributed by atoms with Crippen LogP contribution in [0, 0.1) is 13.8 Å². The molecule has 2 heterocycles. The van der Waals surface area contributed by atoms with Crippen LogP contribution in [-0.4, -0.2) is 29.2 Å². The average molecular weight is 283 g/mol. The van der Waals surface area contributed by atoms with Gasteiger partial charge in [-0.25, -0.2) is 9.97 Å². The van der Waals surface area contributed by atoms with Crippen LogP contribution < -0.4 is 4.90 Å². The Morgan fingerprint density at radius 1 is 1.05 bits per heavy atom. The van der Waals surface area contributed by atoms with Gasteiger partial charge in [0.25, 0.3) is 0 Å². The van der Waals surface area contributed by atoms with Crippen molar-refractivity contribution >= 4 is 5.95 Å². The fourth-order valence-electron chi connectivity index (χ4n) is 2.82. The van der Waals surface area contributed by atoms with E-state index in [-0.39, 0.29) is 12.2 Å². The molecule has 2 aromatic rings. The number of anilines is 1. The van der Waals surface area contributed by atoms with Gasteiger partial charge in [0.05, 0.1) is 12.6 Å². The van der Waals surface area contributed by atoms with E-state index in [2.05, 4.69) is 46.1 Å². The number of aryl methyl sites for hydroxylation is 2. The number of ether oxygens (including phenoxy) is 1. The van der Waals surface area contributed by atoms with Crippen LogP contribution in [0.2, 0.25) is 0 Å². The highest BCUT2D eigenvalue weighted by molar-refractivity contribution is 5.34. The predicted molar refractivity (Wildman–Crippen MR) is 83.4 cm³/mol. The molecule has 3 rings (SSSR count). The van der Waals surface area contributed by atoms with Crippen molar-refractivity contribution in [2.75, 3.05) is 18.0 Å². The Hall–Kier alpha value is -1.94. The normalized spacial score (nSPS) is 22.3. The van der Waals surface area contributed by atoms with Crippen molar-refractivity contribution in [1.82, 2.24) is 9.97 Å². The van der Waals surface area contributed by atoms with Gasteiger partial charge in [-0.15, -0.1) is 0 Å². The van der Waals surface area contributed by atoms with Crippen LogP contribution in [0.1, 0.15) is 30.0 Å². The van der Waals surface area contributed by atoms with Crippen molar-refractivity contribution in [3.63, 3.8) is 0 Å². The van der Waals surface area contributed by atoms with E-state index in [9.17, 15) is 0 Å². The number of aromatic nitrogens is 2. The lowest BCUT2D eigenvalue weighted by Gasteiger charge is -2.37. The highest BCUT2D eigenvalue weighted by Crippen LogP contribution is 2.27. The molecule has 4 heteroatoms. The maximum absolute atomic E-state index is 6.09. The Morgan fingerprint density at radius 3 is 2.38 bits per heavy atom. The fraction of sp³-hybridized carbons (Fsp3) is 0.412. The Labute approximate surface area is 125 Å². The van der Waals surface area contributed by atoms with Crippen molar-refractivity contribution in [1.29, 1.82) is 0 Å². The highest BCUT2D eigenvalue weighted by Gasteiger charge is 2.28. The van der Waals surface area contributed by atoms with E-state index in [1.54, 1.807) is 0 Å². The van der Waals surface area contributed by atoms with Crippen LogP contribution in [0.4, 0.5) is 5.95 Å². The molecule has 0 amide bonds. The molecule has 0 radical (unpaired) electrons. The molecule has 0 bridgehead atoms. The molecule has 1 saturated heterocycles. The van der Waals surface area contributed by atoms with Crippen LogP contribution in [-0.2, 0) is 4.74 Å². The molecule has 110 valence electrons. The molecule has 1 aliphatic rings. The van der Waals surface area contributed by atoms with Gasteiger partial charge in [-0.05, 0) is 32.4 Å². The third kappa shape index (κ3) is 3.22. The zero-order valence-electron chi connectivity index (χ0n) is 12.8. The highest BCUT2D eigenvalue weighted by atomic mass is 16.5. The molecule has 0 saturated carbocycles. The number of nitrogens with zero attached hydrogens (tertiary/aromatic N) is 3. The lowest BCUT2D eigenvalue weighted by Crippen LogP contribution is -2.43. The Kier molecular flexibility index (Phi) is 3.88. The molecule has 0 aliphatic carbocycles. The van der Waals surface area contributed by atoms with Crippen LogP contribution in [0.5, 0.6) is 0 Å². The maximum atomic E-state index is 6.09. The van der Waals surface area contributed by atoms with Crippen molar-refractivity contribution in [3.05, 3.63) is 53.3 Å². The molecule has 1 fully saturated rings. The molecular formula is C17H21N3O. The summed E-state index contributed by atoms with van der Waals surface area (Å²) in [6.07, 6.45) is 0.229. The first-order valence-electron chi connectivity index (χ1n) is 7.39. The summed E-state index contributed by atoms with van der Waals surface area (Å²) in [5.74, 6) is 0.809. The smallest absolute Gasteiger partial charge is 0.225 e. The Morgan fingerprint density at radius 2 is 1.71 bits per heavy atom. The molecule has 2 unspecified atom stereocenters. The number of morpholine rings is 1. The second kappa shape index (κ2) is 5.82. The molecule has 4 nitrogen and oxygen atoms in total. The largest absolute Gasteiger partial charge is 0.367 e. The third-order valence-corrected chi connectivity index (χ3v) is 3.68. The van der Waals surface area contributed by atoms with Crippen LogP contribution in [0.15, 0.2) is 36.4 Å². The van der Waals surface area contributed by atoms with E-state index < -0.39 is 0 Å². The topological polar surface area (TPSA) is 38.2 Å². The molecule has 2 atom stereocenters. The molecule has 1 aromatic carbocycles. The van der Waals surface area contributed by atoms with E-state index in [1.165, 1.54) is 5.56 Å². The number of rotatable bonds is 2. The summed E-state index contributed by atoms with van der Waals surface area (Å²) < 4.78 is 6.09. The van der Waals surface area contributed by atoms with Crippen molar-refractivity contribution in [3.8, 4) is 0 Å². The summed E-state index contributed by atoms with van der Waals surface area (Å²) in [5.41, 5.74) is 3.22. The van der Waals surface area contributed by atoms with Crippen LogP contribution in [0.25, 0.3) is 0 Å². The Balaban J connectivity index is 1.86. The lowest BCUT2D eigenvalue weighted by atomic mass is 10.1. The zero-order valence-corrected chi connectivity index (χ0v) is 12.8. The molecule has 1 aliphatic heterocycles. The predicted octanol–water partition coefficient (Wildman–Crippen LogP) is 3.06. The van der Waals surface area contributed by atoms with Gasteiger partial charge < -0.3 is 9.64 Å². The van der Waals surface area contributed by atoms with Gasteiger partial charge in [0.15, 0.2) is 0 Å². The summed E-state index contributed by atoms with van der Waals surface area (Å²) in [6, 6.07) is 12.4. The van der Waals surface area contributed by atoms with Gasteiger partial charge in [0.1, 0.15) is 6.10 Å². The van der Waals surface area contributed by atoms with Gasteiger partial charge in [-0.3, -0.25) is 0 Å². The summed E-state index contributed by atoms with van der Waals surface area (Å²) in [6.45, 7) is 7.74. The SMILES string of the molecule is Cc1cc(C)nc(N2CC(C)OC(c3ccccc3)C2)n1. The van der Waals surface area contributed by atoms with Gasteiger partial charge >= 0.3 is 0 Å². The minimum absolute atomic E-state index is 0.0689. The monoisotopic (exact) mass is 283 g/mol. The second-order valence-electron chi connectivity index (χ2n) is 5.70. The van der Waals surface area contributed by atoms with E-state index >= 15 is 0 Å². The molecule has 21 heavy (non-hydrogen) atoms. The second-order valence-corrected chi connectivity index (χ2v) is 5.70. The Bertz CT molecular complexity index is 594. The summed E-state index contributed by atoms with van der Waals surface area (Å²) in [5, 5.41) is 0. The fourth-order valence-corrected chi connectivity index (χ4v) is 2.82. The third-order valence-electron chi connectivity index (χ3n) is 3.68. The first-order chi connectivity index (χ1) is 10.1. The maximum Gasteiger partial charge on any atom is 0.225 e. The van der Waals surface area contributed by atoms with Gasteiger partial charge in [-0.2, -0.15) is 0 Å². The van der Waals surface area contributed by atoms with Gasteiger partial charge in [-0.1, -0.05) is 30.3 Å². The minimum atomic E-state index is 0.0689. The minimum Gasteiger partial charge on any atom is -0.367 e. The van der Waals surface area contributed by atoms with E-state index in [4.69, 9.17) is 4.74 Å². The van der Waals surface area contributed by atoms with Crippen molar-refractivity contribution < 1.29 is 4.74 Å². The quantitative estimate of drug-likeness (QED) is 0.849. The molecular weight excluding hydrogens is 262 g/mol. The molecule has 0 N–H and O–H groups in total. The average Bonchev–Trinajstić information content (AvgIpc) is 2.46. The van der Waals surface area contributed by atoms with E-state index in [0.29, 0.717) is 0 Å². The first kappa shape index (κ1) is 14.0. The lowest BCUT2D eigenvalue weighted by molar-refractivity contribution is -0.0178. The zero-order chi connectivity index (χ0) is 14.8. The molecule has 0 spiro atoms. The van der Waals surface area contributed by atoms with Gasteiger partial charge in [0, 0.05) is 17.9 Å². The summed E-state index contributed by atoms with van der Waals surface area (Å²) >= 11 is 0. The summed E-state index contributed by atoms with van der Waals surface area (Å²) in [4.78, 5) is 11.4. The first-order valence-corrected chi connectivity index (χ1v) is 7.39. The van der Waals surface area contributed by atoms with Crippen molar-refractivity contribution in [2.24, 2.45) is 0 Å².